The molecular formula is C21H20BrClO2. The van der Waals surface area contributed by atoms with Crippen molar-refractivity contribution >= 4 is 44.8 Å². The van der Waals surface area contributed by atoms with Crippen molar-refractivity contribution in [2.45, 2.75) is 20.3 Å². The Morgan fingerprint density at radius 3 is 2.16 bits per heavy atom. The van der Waals surface area contributed by atoms with E-state index < -0.39 is 0 Å². The maximum atomic E-state index is 8.95. The Kier molecular flexibility index (Phi) is 7.03. The summed E-state index contributed by atoms with van der Waals surface area (Å²) in [5.74, 6) is 0. The van der Waals surface area contributed by atoms with E-state index in [9.17, 15) is 0 Å². The van der Waals surface area contributed by atoms with Crippen molar-refractivity contribution in [1.29, 1.82) is 0 Å². The quantitative estimate of drug-likeness (QED) is 0.448. The van der Waals surface area contributed by atoms with E-state index in [1.165, 1.54) is 44.6 Å². The van der Waals surface area contributed by atoms with Gasteiger partial charge < -0.3 is 4.74 Å². The van der Waals surface area contributed by atoms with Crippen LogP contribution in [0.15, 0.2) is 53.0 Å². The van der Waals surface area contributed by atoms with Gasteiger partial charge in [0.1, 0.15) is 0 Å². The molecule has 3 aromatic carbocycles. The minimum absolute atomic E-state index is 0.375. The SMILES string of the molecule is CCc1c(C)c(Br)c2ccccc2c1-c1ccc(Cl)cc1.COC=O. The summed E-state index contributed by atoms with van der Waals surface area (Å²) in [6, 6.07) is 16.7. The Hall–Kier alpha value is -1.84. The molecule has 2 nitrogen and oxygen atoms in total. The van der Waals surface area contributed by atoms with Crippen molar-refractivity contribution in [3.63, 3.8) is 0 Å². The highest BCUT2D eigenvalue weighted by Crippen LogP contribution is 2.40. The fraction of sp³-hybridized carbons (Fsp3) is 0.190. The van der Waals surface area contributed by atoms with Crippen LogP contribution in [0, 0.1) is 6.92 Å². The molecule has 0 unspecified atom stereocenters. The Labute approximate surface area is 161 Å². The van der Waals surface area contributed by atoms with E-state index in [2.05, 4.69) is 70.9 Å². The maximum Gasteiger partial charge on any atom is 0.292 e. The summed E-state index contributed by atoms with van der Waals surface area (Å²) in [6.07, 6.45) is 1.01. The number of halogens is 2. The van der Waals surface area contributed by atoms with E-state index in [4.69, 9.17) is 16.4 Å². The van der Waals surface area contributed by atoms with Gasteiger partial charge in [0, 0.05) is 9.50 Å². The summed E-state index contributed by atoms with van der Waals surface area (Å²) in [7, 11) is 1.31. The molecule has 0 aliphatic rings. The van der Waals surface area contributed by atoms with Gasteiger partial charge >= 0.3 is 0 Å². The number of ether oxygens (including phenoxy) is 1. The van der Waals surface area contributed by atoms with E-state index in [1.54, 1.807) is 0 Å². The second kappa shape index (κ2) is 9.02. The molecule has 0 N–H and O–H groups in total. The molecule has 0 saturated heterocycles. The van der Waals surface area contributed by atoms with Crippen molar-refractivity contribution in [2.75, 3.05) is 7.11 Å². The Morgan fingerprint density at radius 1 is 1.08 bits per heavy atom. The molecule has 0 heterocycles. The molecule has 0 fully saturated rings. The number of benzene rings is 3. The number of fused-ring (bicyclic) bond motifs is 1. The standard InChI is InChI=1S/C19H16BrCl.C2H4O2/c1-3-15-12(2)19(20)17-7-5-4-6-16(17)18(15)13-8-10-14(21)11-9-13;1-4-2-3/h4-11H,3H2,1-2H3;2H,1H3. The van der Waals surface area contributed by atoms with Gasteiger partial charge in [0.25, 0.3) is 6.47 Å². The first-order valence-electron chi connectivity index (χ1n) is 7.97. The molecule has 0 aliphatic carbocycles. The Bertz CT molecular complexity index is 873. The van der Waals surface area contributed by atoms with Gasteiger partial charge in [-0.2, -0.15) is 0 Å². The molecule has 3 aromatic rings. The normalized spacial score (nSPS) is 10.1. The van der Waals surface area contributed by atoms with E-state index in [1.807, 2.05) is 12.1 Å². The summed E-state index contributed by atoms with van der Waals surface area (Å²) in [5.41, 5.74) is 5.26. The highest BCUT2D eigenvalue weighted by Gasteiger charge is 2.15. The number of carbonyl (C=O) groups excluding carboxylic acids is 1. The second-order valence-electron chi connectivity index (χ2n) is 5.53. The molecule has 0 aromatic heterocycles. The first kappa shape index (κ1) is 19.5. The predicted octanol–water partition coefficient (Wildman–Crippen LogP) is 6.58. The van der Waals surface area contributed by atoms with Gasteiger partial charge in [-0.1, -0.05) is 54.9 Å². The zero-order valence-electron chi connectivity index (χ0n) is 14.5. The van der Waals surface area contributed by atoms with Gasteiger partial charge in [-0.3, -0.25) is 4.79 Å². The average molecular weight is 420 g/mol. The number of hydrogen-bond donors (Lipinski definition) is 0. The van der Waals surface area contributed by atoms with Crippen LogP contribution in [0.1, 0.15) is 18.1 Å². The fourth-order valence-corrected chi connectivity index (χ4v) is 3.68. The number of hydrogen-bond acceptors (Lipinski definition) is 2. The van der Waals surface area contributed by atoms with Gasteiger partial charge in [0.2, 0.25) is 0 Å². The van der Waals surface area contributed by atoms with Crippen LogP contribution in [0.2, 0.25) is 5.02 Å². The monoisotopic (exact) mass is 418 g/mol. The van der Waals surface area contributed by atoms with Crippen molar-refractivity contribution in [1.82, 2.24) is 0 Å². The first-order valence-corrected chi connectivity index (χ1v) is 9.14. The van der Waals surface area contributed by atoms with Gasteiger partial charge in [-0.05, 0) is 74.4 Å². The minimum Gasteiger partial charge on any atom is -0.471 e. The lowest BCUT2D eigenvalue weighted by Crippen LogP contribution is -1.96. The molecule has 0 aliphatic heterocycles. The average Bonchev–Trinajstić information content (AvgIpc) is 2.65. The topological polar surface area (TPSA) is 26.3 Å². The molecule has 3 rings (SSSR count). The summed E-state index contributed by atoms with van der Waals surface area (Å²) in [5, 5.41) is 3.32. The molecule has 0 amide bonds. The predicted molar refractivity (Wildman–Crippen MR) is 109 cm³/mol. The third-order valence-corrected chi connectivity index (χ3v) is 5.37. The van der Waals surface area contributed by atoms with Crippen LogP contribution in [-0.2, 0) is 16.0 Å². The van der Waals surface area contributed by atoms with Crippen molar-refractivity contribution in [3.8, 4) is 11.1 Å². The second-order valence-corrected chi connectivity index (χ2v) is 6.76. The van der Waals surface area contributed by atoms with Crippen LogP contribution < -0.4 is 0 Å². The molecule has 130 valence electrons. The molecule has 0 saturated carbocycles. The zero-order chi connectivity index (χ0) is 18.4. The molecule has 4 heteroatoms. The number of methoxy groups -OCH3 is 1. The maximum absolute atomic E-state index is 8.95. The molecule has 0 bridgehead atoms. The molecule has 0 spiro atoms. The first-order chi connectivity index (χ1) is 12.0. The zero-order valence-corrected chi connectivity index (χ0v) is 16.8. The lowest BCUT2D eigenvalue weighted by atomic mass is 9.89. The fourth-order valence-electron chi connectivity index (χ4n) is 2.97. The third kappa shape index (κ3) is 4.23. The lowest BCUT2D eigenvalue weighted by molar-refractivity contribution is -0.126. The summed E-state index contributed by atoms with van der Waals surface area (Å²) in [4.78, 5) is 8.95. The van der Waals surface area contributed by atoms with Crippen LogP contribution >= 0.6 is 27.5 Å². The number of rotatable bonds is 3. The van der Waals surface area contributed by atoms with Crippen molar-refractivity contribution in [2.24, 2.45) is 0 Å². The highest BCUT2D eigenvalue weighted by atomic mass is 79.9. The van der Waals surface area contributed by atoms with Gasteiger partial charge in [-0.15, -0.1) is 0 Å². The van der Waals surface area contributed by atoms with Gasteiger partial charge in [0.15, 0.2) is 0 Å². The Balaban J connectivity index is 0.000000511. The van der Waals surface area contributed by atoms with Crippen molar-refractivity contribution < 1.29 is 9.53 Å². The molecule has 0 radical (unpaired) electrons. The van der Waals surface area contributed by atoms with Crippen LogP contribution in [0.3, 0.4) is 0 Å². The highest BCUT2D eigenvalue weighted by molar-refractivity contribution is 9.10. The van der Waals surface area contributed by atoms with Gasteiger partial charge in [0.05, 0.1) is 7.11 Å². The van der Waals surface area contributed by atoms with E-state index in [-0.39, 0.29) is 0 Å². The summed E-state index contributed by atoms with van der Waals surface area (Å²) >= 11 is 9.81. The summed E-state index contributed by atoms with van der Waals surface area (Å²) < 4.78 is 5.06. The van der Waals surface area contributed by atoms with Crippen LogP contribution in [0.4, 0.5) is 0 Å². The van der Waals surface area contributed by atoms with Crippen LogP contribution in [0.5, 0.6) is 0 Å². The molecule has 25 heavy (non-hydrogen) atoms. The third-order valence-electron chi connectivity index (χ3n) is 4.10. The number of carbonyl (C=O) groups is 1. The van der Waals surface area contributed by atoms with Gasteiger partial charge in [-0.25, -0.2) is 0 Å². The Morgan fingerprint density at radius 2 is 1.64 bits per heavy atom. The summed E-state index contributed by atoms with van der Waals surface area (Å²) in [6.45, 7) is 4.78. The van der Waals surface area contributed by atoms with E-state index in [0.717, 1.165) is 11.4 Å². The molecule has 0 atom stereocenters. The largest absolute Gasteiger partial charge is 0.471 e. The van der Waals surface area contributed by atoms with Crippen LogP contribution in [0.25, 0.3) is 21.9 Å². The van der Waals surface area contributed by atoms with Crippen molar-refractivity contribution in [3.05, 3.63) is 69.2 Å². The smallest absolute Gasteiger partial charge is 0.292 e. The lowest BCUT2D eigenvalue weighted by Gasteiger charge is -2.18. The van der Waals surface area contributed by atoms with E-state index >= 15 is 0 Å². The minimum atomic E-state index is 0.375. The molecular weight excluding hydrogens is 400 g/mol. The van der Waals surface area contributed by atoms with Crippen LogP contribution in [-0.4, -0.2) is 13.6 Å². The van der Waals surface area contributed by atoms with E-state index in [0.29, 0.717) is 6.47 Å².